The number of aromatic nitrogens is 1. The van der Waals surface area contributed by atoms with Gasteiger partial charge < -0.3 is 26.4 Å². The summed E-state index contributed by atoms with van der Waals surface area (Å²) in [6, 6.07) is 4.94. The maximum absolute atomic E-state index is 14.3. The molecule has 36 heavy (non-hydrogen) atoms. The van der Waals surface area contributed by atoms with E-state index in [1.54, 1.807) is 0 Å². The first-order chi connectivity index (χ1) is 16.9. The SMILES string of the molecule is Cc1c(C(=O)C(=O)NC2(/C(N)=C/NN)CC(F)(F)C2)c2n(c1C(=O)Nc1ccc(F)cc1)CC(F)C2. The number of benzene rings is 1. The maximum Gasteiger partial charge on any atom is 0.293 e. The number of hydrogen-bond acceptors (Lipinski definition) is 6. The number of nitrogens with one attached hydrogen (secondary N) is 3. The minimum atomic E-state index is -3.11. The summed E-state index contributed by atoms with van der Waals surface area (Å²) in [4.78, 5) is 39.2. The van der Waals surface area contributed by atoms with Gasteiger partial charge in [0.1, 0.15) is 17.7 Å². The van der Waals surface area contributed by atoms with Gasteiger partial charge >= 0.3 is 0 Å². The molecule has 0 radical (unpaired) electrons. The van der Waals surface area contributed by atoms with Crippen LogP contribution in [-0.4, -0.2) is 39.8 Å². The highest BCUT2D eigenvalue weighted by molar-refractivity contribution is 6.44. The fourth-order valence-electron chi connectivity index (χ4n) is 4.82. The molecule has 4 rings (SSSR count). The molecule has 192 valence electrons. The van der Waals surface area contributed by atoms with E-state index in [1.165, 1.54) is 23.6 Å². The molecular formula is C23H24F4N6O3. The summed E-state index contributed by atoms with van der Waals surface area (Å²) in [7, 11) is 0. The minimum absolute atomic E-state index is 0.0396. The van der Waals surface area contributed by atoms with Gasteiger partial charge in [-0.05, 0) is 36.8 Å². The van der Waals surface area contributed by atoms with Gasteiger partial charge in [0, 0.05) is 36.8 Å². The Morgan fingerprint density at radius 1 is 1.17 bits per heavy atom. The highest BCUT2D eigenvalue weighted by Gasteiger charge is 2.59. The molecule has 7 N–H and O–H groups in total. The minimum Gasteiger partial charge on any atom is -0.399 e. The normalized spacial score (nSPS) is 19.7. The fraction of sp³-hybridized carbons (Fsp3) is 0.348. The molecule has 0 saturated heterocycles. The zero-order valence-corrected chi connectivity index (χ0v) is 19.1. The number of carbonyl (C=O) groups excluding carboxylic acids is 3. The lowest BCUT2D eigenvalue weighted by molar-refractivity contribution is -0.137. The average Bonchev–Trinajstić information content (AvgIpc) is 3.26. The molecule has 1 aliphatic heterocycles. The second-order valence-electron chi connectivity index (χ2n) is 9.01. The Hall–Kier alpha value is -3.87. The Morgan fingerprint density at radius 2 is 1.81 bits per heavy atom. The number of hydrogen-bond donors (Lipinski definition) is 5. The summed E-state index contributed by atoms with van der Waals surface area (Å²) in [5, 5.41) is 4.85. The second kappa shape index (κ2) is 8.97. The number of nitrogens with two attached hydrogens (primary N) is 2. The van der Waals surface area contributed by atoms with Crippen molar-refractivity contribution in [3.05, 3.63) is 64.5 Å². The molecule has 0 bridgehead atoms. The van der Waals surface area contributed by atoms with Crippen LogP contribution in [0.5, 0.6) is 0 Å². The Bertz CT molecular complexity index is 1260. The third kappa shape index (κ3) is 4.41. The lowest BCUT2D eigenvalue weighted by Crippen LogP contribution is -2.65. The van der Waals surface area contributed by atoms with Gasteiger partial charge in [-0.1, -0.05) is 0 Å². The quantitative estimate of drug-likeness (QED) is 0.127. The van der Waals surface area contributed by atoms with E-state index in [0.717, 1.165) is 18.3 Å². The zero-order valence-electron chi connectivity index (χ0n) is 19.1. The van der Waals surface area contributed by atoms with E-state index in [4.69, 9.17) is 11.6 Å². The Morgan fingerprint density at radius 3 is 2.39 bits per heavy atom. The summed E-state index contributed by atoms with van der Waals surface area (Å²) in [5.74, 6) is -1.48. The maximum atomic E-state index is 14.3. The van der Waals surface area contributed by atoms with Crippen LogP contribution in [-0.2, 0) is 17.8 Å². The number of rotatable bonds is 7. The lowest BCUT2D eigenvalue weighted by Gasteiger charge is -2.47. The molecule has 1 unspecified atom stereocenters. The molecule has 2 aliphatic rings. The standard InChI is InChI=1S/C23H24F4N6O3/c1-11-17(19(34)21(36)32-22(16(28)7-30-29)9-23(26,27)10-22)15-6-13(25)8-33(15)18(11)20(35)31-14-4-2-12(24)3-5-14/h2-5,7,13,30H,6,8-10,28-29H2,1H3,(H,31,35)(H,32,36)/b16-7-. The number of carbonyl (C=O) groups is 3. The molecule has 1 aromatic heterocycles. The van der Waals surface area contributed by atoms with Crippen LogP contribution in [0.15, 0.2) is 36.2 Å². The van der Waals surface area contributed by atoms with E-state index in [2.05, 4.69) is 16.1 Å². The van der Waals surface area contributed by atoms with Crippen molar-refractivity contribution in [2.45, 2.75) is 50.4 Å². The van der Waals surface area contributed by atoms with Crippen molar-refractivity contribution < 1.29 is 31.9 Å². The average molecular weight is 508 g/mol. The molecule has 9 nitrogen and oxygen atoms in total. The molecule has 1 atom stereocenters. The highest BCUT2D eigenvalue weighted by atomic mass is 19.3. The number of amides is 2. The topological polar surface area (TPSA) is 144 Å². The summed E-state index contributed by atoms with van der Waals surface area (Å²) in [6.07, 6.45) is -2.27. The third-order valence-corrected chi connectivity index (χ3v) is 6.43. The fourth-order valence-corrected chi connectivity index (χ4v) is 4.82. The van der Waals surface area contributed by atoms with Crippen molar-refractivity contribution in [1.82, 2.24) is 15.3 Å². The Labute approximate surface area is 202 Å². The first kappa shape index (κ1) is 25.2. The second-order valence-corrected chi connectivity index (χ2v) is 9.01. The number of hydrazine groups is 1. The number of alkyl halides is 3. The van der Waals surface area contributed by atoms with Gasteiger partial charge in [-0.15, -0.1) is 0 Å². The van der Waals surface area contributed by atoms with Crippen LogP contribution in [0.3, 0.4) is 0 Å². The van der Waals surface area contributed by atoms with E-state index < -0.39 is 53.9 Å². The van der Waals surface area contributed by atoms with Crippen molar-refractivity contribution in [3.8, 4) is 0 Å². The molecule has 1 aliphatic carbocycles. The summed E-state index contributed by atoms with van der Waals surface area (Å²) in [5.41, 5.74) is 6.35. The molecule has 2 heterocycles. The number of nitrogens with zero attached hydrogens (tertiary/aromatic N) is 1. The first-order valence-corrected chi connectivity index (χ1v) is 11.0. The molecule has 1 aromatic carbocycles. The lowest BCUT2D eigenvalue weighted by atomic mass is 9.71. The Balaban J connectivity index is 1.64. The van der Waals surface area contributed by atoms with E-state index in [1.807, 2.05) is 0 Å². The van der Waals surface area contributed by atoms with Crippen LogP contribution in [0.2, 0.25) is 0 Å². The number of anilines is 1. The largest absolute Gasteiger partial charge is 0.399 e. The first-order valence-electron chi connectivity index (χ1n) is 11.0. The van der Waals surface area contributed by atoms with Gasteiger partial charge in [0.2, 0.25) is 0 Å². The van der Waals surface area contributed by atoms with Gasteiger partial charge in [0.25, 0.3) is 23.5 Å². The molecular weight excluding hydrogens is 484 g/mol. The number of Topliss-reactive ketones (excluding diaryl/α,β-unsaturated/α-hetero) is 1. The number of fused-ring (bicyclic) bond motifs is 1. The van der Waals surface area contributed by atoms with Crippen molar-refractivity contribution in [1.29, 1.82) is 0 Å². The van der Waals surface area contributed by atoms with Crippen LogP contribution in [0.25, 0.3) is 0 Å². The predicted octanol–water partition coefficient (Wildman–Crippen LogP) is 1.81. The van der Waals surface area contributed by atoms with Crippen molar-refractivity contribution in [3.63, 3.8) is 0 Å². The monoisotopic (exact) mass is 508 g/mol. The third-order valence-electron chi connectivity index (χ3n) is 6.43. The van der Waals surface area contributed by atoms with Gasteiger partial charge in [0.05, 0.1) is 23.3 Å². The van der Waals surface area contributed by atoms with Gasteiger partial charge in [-0.2, -0.15) is 0 Å². The summed E-state index contributed by atoms with van der Waals surface area (Å²) < 4.78 is 56.2. The van der Waals surface area contributed by atoms with Crippen LogP contribution >= 0.6 is 0 Å². The van der Waals surface area contributed by atoms with E-state index in [0.29, 0.717) is 0 Å². The zero-order chi connectivity index (χ0) is 26.4. The van der Waals surface area contributed by atoms with Crippen LogP contribution in [0.4, 0.5) is 23.2 Å². The molecule has 1 fully saturated rings. The van der Waals surface area contributed by atoms with E-state index >= 15 is 0 Å². The predicted molar refractivity (Wildman–Crippen MR) is 121 cm³/mol. The van der Waals surface area contributed by atoms with E-state index in [-0.39, 0.29) is 46.9 Å². The van der Waals surface area contributed by atoms with Crippen LogP contribution in [0.1, 0.15) is 44.9 Å². The molecule has 2 amide bonds. The van der Waals surface area contributed by atoms with E-state index in [9.17, 15) is 31.9 Å². The van der Waals surface area contributed by atoms with Crippen LogP contribution in [0, 0.1) is 12.7 Å². The molecule has 0 spiro atoms. The van der Waals surface area contributed by atoms with Crippen molar-refractivity contribution in [2.24, 2.45) is 11.6 Å². The molecule has 1 saturated carbocycles. The number of halogens is 4. The molecule has 2 aromatic rings. The van der Waals surface area contributed by atoms with Crippen molar-refractivity contribution >= 4 is 23.3 Å². The summed E-state index contributed by atoms with van der Waals surface area (Å²) >= 11 is 0. The molecule has 13 heteroatoms. The smallest absolute Gasteiger partial charge is 0.293 e. The van der Waals surface area contributed by atoms with Gasteiger partial charge in [-0.25, -0.2) is 17.6 Å². The summed E-state index contributed by atoms with van der Waals surface area (Å²) in [6.45, 7) is 1.21. The van der Waals surface area contributed by atoms with Gasteiger partial charge in [0.15, 0.2) is 0 Å². The number of ketones is 1. The van der Waals surface area contributed by atoms with Gasteiger partial charge in [-0.3, -0.25) is 20.2 Å². The Kier molecular flexibility index (Phi) is 6.29. The van der Waals surface area contributed by atoms with Crippen molar-refractivity contribution in [2.75, 3.05) is 5.32 Å². The highest BCUT2D eigenvalue weighted by Crippen LogP contribution is 2.48. The van der Waals surface area contributed by atoms with Crippen LogP contribution < -0.4 is 27.6 Å².